The second kappa shape index (κ2) is 6.23. The van der Waals surface area contributed by atoms with Crippen molar-refractivity contribution < 1.29 is 13.9 Å². The zero-order valence-corrected chi connectivity index (χ0v) is 11.8. The molecule has 6 heteroatoms. The zero-order chi connectivity index (χ0) is 15.4. The van der Waals surface area contributed by atoms with Crippen LogP contribution in [0.3, 0.4) is 0 Å². The predicted molar refractivity (Wildman–Crippen MR) is 79.9 cm³/mol. The van der Waals surface area contributed by atoms with Crippen LogP contribution < -0.4 is 20.9 Å². The molecule has 2 aromatic carbocycles. The average Bonchev–Trinajstić information content (AvgIpc) is 2.53. The molecule has 0 heterocycles. The van der Waals surface area contributed by atoms with Crippen molar-refractivity contribution in [1.82, 2.24) is 0 Å². The number of amides is 1. The van der Waals surface area contributed by atoms with Crippen LogP contribution in [-0.4, -0.2) is 20.1 Å². The second-order valence-electron chi connectivity index (χ2n) is 4.34. The quantitative estimate of drug-likeness (QED) is 0.670. The van der Waals surface area contributed by atoms with Crippen molar-refractivity contribution in [3.8, 4) is 5.75 Å². The van der Waals surface area contributed by atoms with Gasteiger partial charge >= 0.3 is 0 Å². The van der Waals surface area contributed by atoms with Gasteiger partial charge in [-0.1, -0.05) is 18.2 Å². The molecule has 2 rings (SSSR count). The summed E-state index contributed by atoms with van der Waals surface area (Å²) >= 11 is 0. The van der Waals surface area contributed by atoms with E-state index in [-0.39, 0.29) is 11.3 Å². The molecular formula is C15H16FN3O2. The van der Waals surface area contributed by atoms with Crippen LogP contribution in [0.4, 0.5) is 15.8 Å². The second-order valence-corrected chi connectivity index (χ2v) is 4.34. The fraction of sp³-hybridized carbons (Fsp3) is 0.133. The van der Waals surface area contributed by atoms with Crippen LogP contribution in [-0.2, 0) is 0 Å². The van der Waals surface area contributed by atoms with Crippen molar-refractivity contribution in [2.24, 2.45) is 5.84 Å². The maximum Gasteiger partial charge on any atom is 0.260 e. The lowest BCUT2D eigenvalue weighted by Crippen LogP contribution is -2.28. The largest absolute Gasteiger partial charge is 0.495 e. The fourth-order valence-electron chi connectivity index (χ4n) is 2.05. The molecule has 0 unspecified atom stereocenters. The number of hydrogen-bond acceptors (Lipinski definition) is 4. The Balaban J connectivity index is 2.42. The van der Waals surface area contributed by atoms with E-state index in [0.717, 1.165) is 0 Å². The maximum atomic E-state index is 13.7. The van der Waals surface area contributed by atoms with E-state index >= 15 is 0 Å². The number of hydrogen-bond donors (Lipinski definition) is 2. The predicted octanol–water partition coefficient (Wildman–Crippen LogP) is 2.40. The smallest absolute Gasteiger partial charge is 0.260 e. The lowest BCUT2D eigenvalue weighted by molar-refractivity contribution is 0.0992. The number of methoxy groups -OCH3 is 1. The van der Waals surface area contributed by atoms with Crippen LogP contribution in [0, 0.1) is 5.82 Å². The normalized spacial score (nSPS) is 10.1. The van der Waals surface area contributed by atoms with E-state index < -0.39 is 11.7 Å². The summed E-state index contributed by atoms with van der Waals surface area (Å²) in [6, 6.07) is 11.3. The molecule has 0 bridgehead atoms. The first-order chi connectivity index (χ1) is 10.1. The summed E-state index contributed by atoms with van der Waals surface area (Å²) in [5.41, 5.74) is 2.91. The molecule has 110 valence electrons. The van der Waals surface area contributed by atoms with Gasteiger partial charge in [-0.2, -0.15) is 0 Å². The Bertz CT molecular complexity index is 661. The molecule has 1 amide bonds. The Labute approximate surface area is 122 Å². The van der Waals surface area contributed by atoms with E-state index in [1.165, 1.54) is 30.2 Å². The minimum Gasteiger partial charge on any atom is -0.495 e. The number of carbonyl (C=O) groups is 1. The molecule has 0 aliphatic rings. The van der Waals surface area contributed by atoms with Gasteiger partial charge in [0.1, 0.15) is 11.6 Å². The van der Waals surface area contributed by atoms with Crippen LogP contribution in [0.5, 0.6) is 5.75 Å². The van der Waals surface area contributed by atoms with Crippen LogP contribution in [0.2, 0.25) is 0 Å². The Morgan fingerprint density at radius 2 is 1.95 bits per heavy atom. The van der Waals surface area contributed by atoms with Crippen LogP contribution >= 0.6 is 0 Å². The van der Waals surface area contributed by atoms with Crippen molar-refractivity contribution in [2.75, 3.05) is 24.5 Å². The Kier molecular flexibility index (Phi) is 4.39. The standard InChI is InChI=1S/C15H16FN3O2/c1-19(12-8-3-4-9-13(12)21-2)15(20)10-6-5-7-11(16)14(10)18-17/h3-9,18H,17H2,1-2H3. The Morgan fingerprint density at radius 3 is 2.62 bits per heavy atom. The number of benzene rings is 2. The molecule has 0 saturated heterocycles. The van der Waals surface area contributed by atoms with E-state index in [1.807, 2.05) is 0 Å². The third kappa shape index (κ3) is 2.80. The van der Waals surface area contributed by atoms with Gasteiger partial charge in [-0.15, -0.1) is 0 Å². The average molecular weight is 289 g/mol. The topological polar surface area (TPSA) is 67.6 Å². The molecule has 0 saturated carbocycles. The molecule has 2 aromatic rings. The van der Waals surface area contributed by atoms with Crippen molar-refractivity contribution in [1.29, 1.82) is 0 Å². The number of nitrogens with one attached hydrogen (secondary N) is 1. The third-order valence-electron chi connectivity index (χ3n) is 3.14. The summed E-state index contributed by atoms with van der Waals surface area (Å²) in [4.78, 5) is 13.9. The molecule has 0 radical (unpaired) electrons. The Hall–Kier alpha value is -2.60. The van der Waals surface area contributed by atoms with E-state index in [0.29, 0.717) is 11.4 Å². The first-order valence-corrected chi connectivity index (χ1v) is 6.26. The number of para-hydroxylation sites is 3. The van der Waals surface area contributed by atoms with Crippen molar-refractivity contribution >= 4 is 17.3 Å². The van der Waals surface area contributed by atoms with Crippen molar-refractivity contribution in [2.45, 2.75) is 0 Å². The number of carbonyl (C=O) groups excluding carboxylic acids is 1. The molecule has 0 aliphatic carbocycles. The van der Waals surface area contributed by atoms with Gasteiger partial charge in [-0.3, -0.25) is 10.6 Å². The summed E-state index contributed by atoms with van der Waals surface area (Å²) in [5.74, 6) is 4.86. The van der Waals surface area contributed by atoms with E-state index in [2.05, 4.69) is 5.43 Å². The number of anilines is 2. The summed E-state index contributed by atoms with van der Waals surface area (Å²) in [7, 11) is 3.11. The van der Waals surface area contributed by atoms with Gasteiger partial charge in [0, 0.05) is 7.05 Å². The highest BCUT2D eigenvalue weighted by molar-refractivity contribution is 6.09. The minimum atomic E-state index is -0.586. The first kappa shape index (κ1) is 14.8. The van der Waals surface area contributed by atoms with Crippen LogP contribution in [0.15, 0.2) is 42.5 Å². The number of nitrogen functional groups attached to an aromatic ring is 1. The molecule has 3 N–H and O–H groups in total. The Morgan fingerprint density at radius 1 is 1.24 bits per heavy atom. The van der Waals surface area contributed by atoms with Gasteiger partial charge in [0.25, 0.3) is 5.91 Å². The van der Waals surface area contributed by atoms with Gasteiger partial charge in [-0.25, -0.2) is 4.39 Å². The van der Waals surface area contributed by atoms with E-state index in [9.17, 15) is 9.18 Å². The summed E-state index contributed by atoms with van der Waals surface area (Å²) in [6.45, 7) is 0. The lowest BCUT2D eigenvalue weighted by Gasteiger charge is -2.21. The molecular weight excluding hydrogens is 273 g/mol. The third-order valence-corrected chi connectivity index (χ3v) is 3.14. The van der Waals surface area contributed by atoms with Gasteiger partial charge in [0.2, 0.25) is 0 Å². The summed E-state index contributed by atoms with van der Waals surface area (Å²) in [5, 5.41) is 0. The number of halogens is 1. The number of hydrazine groups is 1. The highest BCUT2D eigenvalue weighted by atomic mass is 19.1. The molecule has 0 aliphatic heterocycles. The van der Waals surface area contributed by atoms with Gasteiger partial charge < -0.3 is 15.1 Å². The van der Waals surface area contributed by atoms with Crippen molar-refractivity contribution in [3.63, 3.8) is 0 Å². The minimum absolute atomic E-state index is 0.0377. The first-order valence-electron chi connectivity index (χ1n) is 6.26. The zero-order valence-electron chi connectivity index (χ0n) is 11.8. The molecule has 0 atom stereocenters. The van der Waals surface area contributed by atoms with Crippen molar-refractivity contribution in [3.05, 3.63) is 53.8 Å². The number of nitrogens with zero attached hydrogens (tertiary/aromatic N) is 1. The highest BCUT2D eigenvalue weighted by Gasteiger charge is 2.21. The monoisotopic (exact) mass is 289 g/mol. The highest BCUT2D eigenvalue weighted by Crippen LogP contribution is 2.29. The van der Waals surface area contributed by atoms with Crippen LogP contribution in [0.25, 0.3) is 0 Å². The maximum absolute atomic E-state index is 13.7. The lowest BCUT2D eigenvalue weighted by atomic mass is 10.1. The number of ether oxygens (including phenoxy) is 1. The number of nitrogens with two attached hydrogens (primary N) is 1. The van der Waals surface area contributed by atoms with Crippen LogP contribution in [0.1, 0.15) is 10.4 Å². The molecule has 0 fully saturated rings. The fourth-order valence-corrected chi connectivity index (χ4v) is 2.05. The van der Waals surface area contributed by atoms with E-state index in [1.54, 1.807) is 31.3 Å². The van der Waals surface area contributed by atoms with Gasteiger partial charge in [-0.05, 0) is 24.3 Å². The SMILES string of the molecule is COc1ccccc1N(C)C(=O)c1cccc(F)c1NN. The van der Waals surface area contributed by atoms with Gasteiger partial charge in [0.05, 0.1) is 24.0 Å². The van der Waals surface area contributed by atoms with E-state index in [4.69, 9.17) is 10.6 Å². The van der Waals surface area contributed by atoms with Gasteiger partial charge in [0.15, 0.2) is 0 Å². The molecule has 5 nitrogen and oxygen atoms in total. The summed E-state index contributed by atoms with van der Waals surface area (Å²) in [6.07, 6.45) is 0. The number of rotatable bonds is 4. The summed E-state index contributed by atoms with van der Waals surface area (Å²) < 4.78 is 18.9. The molecule has 0 spiro atoms. The molecule has 21 heavy (non-hydrogen) atoms. The molecule has 0 aromatic heterocycles.